The SMILES string of the molecule is CN(C(=O)c1ncccc1C#CCO)C(C)(C)CO. The number of hydrogen-bond acceptors (Lipinski definition) is 4. The topological polar surface area (TPSA) is 73.7 Å². The Morgan fingerprint density at radius 1 is 1.47 bits per heavy atom. The van der Waals surface area contributed by atoms with E-state index in [1.807, 2.05) is 0 Å². The van der Waals surface area contributed by atoms with Crippen molar-refractivity contribution in [1.29, 1.82) is 0 Å². The van der Waals surface area contributed by atoms with Crippen molar-refractivity contribution in [2.45, 2.75) is 19.4 Å². The van der Waals surface area contributed by atoms with Gasteiger partial charge < -0.3 is 15.1 Å². The fraction of sp³-hybridized carbons (Fsp3) is 0.429. The standard InChI is InChI=1S/C14H18N2O3/c1-14(2,10-18)16(3)13(19)12-11(7-5-9-17)6-4-8-15-12/h4,6,8,17-18H,9-10H2,1-3H3. The Labute approximate surface area is 112 Å². The third-order valence-corrected chi connectivity index (χ3v) is 2.91. The van der Waals surface area contributed by atoms with Crippen LogP contribution in [0.5, 0.6) is 0 Å². The Morgan fingerprint density at radius 2 is 2.16 bits per heavy atom. The summed E-state index contributed by atoms with van der Waals surface area (Å²) < 4.78 is 0. The molecular weight excluding hydrogens is 244 g/mol. The predicted octanol–water partition coefficient (Wildman–Crippen LogP) is 0.268. The van der Waals surface area contributed by atoms with Gasteiger partial charge in [0.15, 0.2) is 0 Å². The summed E-state index contributed by atoms with van der Waals surface area (Å²) in [7, 11) is 1.61. The van der Waals surface area contributed by atoms with Crippen molar-refractivity contribution in [2.75, 3.05) is 20.3 Å². The first-order valence-corrected chi connectivity index (χ1v) is 5.88. The van der Waals surface area contributed by atoms with Crippen LogP contribution in [0.2, 0.25) is 0 Å². The van der Waals surface area contributed by atoms with Gasteiger partial charge in [0.1, 0.15) is 12.3 Å². The van der Waals surface area contributed by atoms with Crippen LogP contribution in [0.25, 0.3) is 0 Å². The van der Waals surface area contributed by atoms with Crippen LogP contribution < -0.4 is 0 Å². The molecule has 1 aromatic rings. The van der Waals surface area contributed by atoms with Crippen LogP contribution >= 0.6 is 0 Å². The maximum atomic E-state index is 12.4. The van der Waals surface area contributed by atoms with Crippen LogP contribution in [0.1, 0.15) is 29.9 Å². The number of nitrogens with zero attached hydrogens (tertiary/aromatic N) is 2. The fourth-order valence-electron chi connectivity index (χ4n) is 1.35. The molecule has 102 valence electrons. The van der Waals surface area contributed by atoms with Gasteiger partial charge in [-0.2, -0.15) is 0 Å². The Morgan fingerprint density at radius 3 is 2.74 bits per heavy atom. The molecule has 0 fully saturated rings. The lowest BCUT2D eigenvalue weighted by molar-refractivity contribution is 0.0467. The Hall–Kier alpha value is -1.90. The van der Waals surface area contributed by atoms with Crippen LogP contribution in [-0.2, 0) is 0 Å². The van der Waals surface area contributed by atoms with Gasteiger partial charge in [-0.1, -0.05) is 11.8 Å². The first-order valence-electron chi connectivity index (χ1n) is 5.88. The van der Waals surface area contributed by atoms with Crippen molar-refractivity contribution in [1.82, 2.24) is 9.88 Å². The minimum absolute atomic E-state index is 0.153. The van der Waals surface area contributed by atoms with E-state index in [1.165, 1.54) is 11.1 Å². The molecule has 0 saturated heterocycles. The molecule has 0 aromatic carbocycles. The van der Waals surface area contributed by atoms with Crippen LogP contribution in [0.3, 0.4) is 0 Å². The number of pyridine rings is 1. The highest BCUT2D eigenvalue weighted by Gasteiger charge is 2.29. The van der Waals surface area contributed by atoms with E-state index in [0.29, 0.717) is 5.56 Å². The van der Waals surface area contributed by atoms with Gasteiger partial charge in [-0.3, -0.25) is 4.79 Å². The van der Waals surface area contributed by atoms with Crippen LogP contribution in [-0.4, -0.2) is 51.8 Å². The van der Waals surface area contributed by atoms with Gasteiger partial charge in [-0.15, -0.1) is 0 Å². The second-order valence-electron chi connectivity index (χ2n) is 4.69. The molecule has 1 rings (SSSR count). The number of carbonyl (C=O) groups is 1. The van der Waals surface area contributed by atoms with Crippen LogP contribution in [0.4, 0.5) is 0 Å². The van der Waals surface area contributed by atoms with Gasteiger partial charge in [0.05, 0.1) is 17.7 Å². The molecule has 0 aliphatic rings. The number of hydrogen-bond donors (Lipinski definition) is 2. The highest BCUT2D eigenvalue weighted by molar-refractivity contribution is 5.95. The Kier molecular flexibility index (Phi) is 5.04. The lowest BCUT2D eigenvalue weighted by atomic mass is 10.0. The fourth-order valence-corrected chi connectivity index (χ4v) is 1.35. The van der Waals surface area contributed by atoms with Gasteiger partial charge >= 0.3 is 0 Å². The lowest BCUT2D eigenvalue weighted by Gasteiger charge is -2.33. The maximum absolute atomic E-state index is 12.4. The van der Waals surface area contributed by atoms with E-state index in [0.717, 1.165) is 0 Å². The molecule has 5 heteroatoms. The summed E-state index contributed by atoms with van der Waals surface area (Å²) >= 11 is 0. The van der Waals surface area contributed by atoms with Gasteiger partial charge in [0, 0.05) is 13.2 Å². The monoisotopic (exact) mass is 262 g/mol. The molecule has 0 unspecified atom stereocenters. The summed E-state index contributed by atoms with van der Waals surface area (Å²) in [4.78, 5) is 17.8. The summed E-state index contributed by atoms with van der Waals surface area (Å²) in [5.41, 5.74) is -0.00867. The van der Waals surface area contributed by atoms with E-state index in [1.54, 1.807) is 33.0 Å². The zero-order chi connectivity index (χ0) is 14.5. The molecule has 0 radical (unpaired) electrons. The highest BCUT2D eigenvalue weighted by atomic mass is 16.3. The molecule has 0 atom stereocenters. The number of carbonyl (C=O) groups excluding carboxylic acids is 1. The first-order chi connectivity index (χ1) is 8.94. The molecule has 0 saturated carbocycles. The second-order valence-corrected chi connectivity index (χ2v) is 4.69. The molecule has 0 aliphatic heterocycles. The predicted molar refractivity (Wildman–Crippen MR) is 71.5 cm³/mol. The average Bonchev–Trinajstić information content (AvgIpc) is 2.43. The van der Waals surface area contributed by atoms with E-state index < -0.39 is 5.54 Å². The van der Waals surface area contributed by atoms with Crippen LogP contribution in [0.15, 0.2) is 18.3 Å². The molecule has 1 heterocycles. The average molecular weight is 262 g/mol. The smallest absolute Gasteiger partial charge is 0.274 e. The molecule has 2 N–H and O–H groups in total. The molecule has 19 heavy (non-hydrogen) atoms. The zero-order valence-electron chi connectivity index (χ0n) is 11.3. The number of likely N-dealkylation sites (N-methyl/N-ethyl adjacent to an activating group) is 1. The lowest BCUT2D eigenvalue weighted by Crippen LogP contribution is -2.48. The molecule has 1 aromatic heterocycles. The van der Waals surface area contributed by atoms with Crippen molar-refractivity contribution < 1.29 is 15.0 Å². The minimum Gasteiger partial charge on any atom is -0.394 e. The summed E-state index contributed by atoms with van der Waals surface area (Å²) in [6.07, 6.45) is 1.51. The number of amides is 1. The summed E-state index contributed by atoms with van der Waals surface area (Å²) in [5, 5.41) is 18.0. The molecular formula is C14H18N2O3. The number of aliphatic hydroxyl groups is 2. The van der Waals surface area contributed by atoms with Crippen molar-refractivity contribution in [3.8, 4) is 11.8 Å². The Bertz CT molecular complexity index is 515. The summed E-state index contributed by atoms with van der Waals surface area (Å²) in [5.74, 6) is 4.87. The quantitative estimate of drug-likeness (QED) is 0.767. The largest absolute Gasteiger partial charge is 0.394 e. The number of aliphatic hydroxyl groups excluding tert-OH is 2. The number of rotatable bonds is 3. The van der Waals surface area contributed by atoms with Gasteiger partial charge in [-0.05, 0) is 26.0 Å². The third kappa shape index (κ3) is 3.53. The molecule has 0 bridgehead atoms. The van der Waals surface area contributed by atoms with Crippen molar-refractivity contribution in [3.63, 3.8) is 0 Å². The third-order valence-electron chi connectivity index (χ3n) is 2.91. The Balaban J connectivity index is 3.13. The van der Waals surface area contributed by atoms with Crippen molar-refractivity contribution in [2.24, 2.45) is 0 Å². The molecule has 5 nitrogen and oxygen atoms in total. The molecule has 0 spiro atoms. The van der Waals surface area contributed by atoms with Gasteiger partial charge in [0.25, 0.3) is 5.91 Å². The van der Waals surface area contributed by atoms with E-state index >= 15 is 0 Å². The van der Waals surface area contributed by atoms with E-state index in [-0.39, 0.29) is 24.8 Å². The summed E-state index contributed by atoms with van der Waals surface area (Å²) in [6.45, 7) is 3.08. The first kappa shape index (κ1) is 15.2. The molecule has 0 aliphatic carbocycles. The maximum Gasteiger partial charge on any atom is 0.274 e. The van der Waals surface area contributed by atoms with E-state index in [2.05, 4.69) is 16.8 Å². The normalized spacial score (nSPS) is 10.6. The van der Waals surface area contributed by atoms with Crippen molar-refractivity contribution in [3.05, 3.63) is 29.6 Å². The van der Waals surface area contributed by atoms with Crippen molar-refractivity contribution >= 4 is 5.91 Å². The van der Waals surface area contributed by atoms with Gasteiger partial charge in [-0.25, -0.2) is 4.98 Å². The number of aromatic nitrogens is 1. The zero-order valence-corrected chi connectivity index (χ0v) is 11.3. The summed E-state index contributed by atoms with van der Waals surface area (Å²) in [6, 6.07) is 3.35. The minimum atomic E-state index is -0.684. The highest BCUT2D eigenvalue weighted by Crippen LogP contribution is 2.16. The van der Waals surface area contributed by atoms with Crippen LogP contribution in [0, 0.1) is 11.8 Å². The second kappa shape index (κ2) is 6.32. The van der Waals surface area contributed by atoms with E-state index in [4.69, 9.17) is 5.11 Å². The van der Waals surface area contributed by atoms with Gasteiger partial charge in [0.2, 0.25) is 0 Å². The molecule has 1 amide bonds. The van der Waals surface area contributed by atoms with E-state index in [9.17, 15) is 9.90 Å².